The van der Waals surface area contributed by atoms with Crippen LogP contribution < -0.4 is 10.3 Å². The fraction of sp³-hybridized carbons (Fsp3) is 0.350. The summed E-state index contributed by atoms with van der Waals surface area (Å²) in [6, 6.07) is 0.944. The second kappa shape index (κ2) is 6.40. The van der Waals surface area contributed by atoms with E-state index in [1.54, 1.807) is 17.4 Å². The van der Waals surface area contributed by atoms with E-state index in [-0.39, 0.29) is 28.7 Å². The van der Waals surface area contributed by atoms with Gasteiger partial charge in [-0.05, 0) is 25.3 Å². The summed E-state index contributed by atoms with van der Waals surface area (Å²) in [6.45, 7) is 0.875. The van der Waals surface area contributed by atoms with Crippen LogP contribution in [0.5, 0.6) is 0 Å². The first-order valence-corrected chi connectivity index (χ1v) is 9.48. The lowest BCUT2D eigenvalue weighted by Gasteiger charge is -2.22. The lowest BCUT2D eigenvalue weighted by Crippen LogP contribution is -2.25. The molecule has 150 valence electrons. The number of hydrogen-bond donors (Lipinski definition) is 1. The van der Waals surface area contributed by atoms with Gasteiger partial charge in [0, 0.05) is 37.7 Å². The third-order valence-corrected chi connectivity index (χ3v) is 5.78. The number of rotatable bonds is 4. The number of aromatic carboxylic acids is 1. The van der Waals surface area contributed by atoms with Crippen molar-refractivity contribution in [3.63, 3.8) is 0 Å². The lowest BCUT2D eigenvalue weighted by atomic mass is 10.1. The Morgan fingerprint density at radius 2 is 2.00 bits per heavy atom. The second-order valence-electron chi connectivity index (χ2n) is 7.63. The Balaban J connectivity index is 1.66. The SMILES string of the molecule is O=C(O)c1cn(C2CC2)c2c(F)c(N3CCC(n4ccnc4)C3)c(F)cc2c1=O. The van der Waals surface area contributed by atoms with Crippen LogP contribution in [0.1, 0.15) is 41.7 Å². The minimum atomic E-state index is -1.40. The topological polar surface area (TPSA) is 80.4 Å². The summed E-state index contributed by atoms with van der Waals surface area (Å²) >= 11 is 0. The Morgan fingerprint density at radius 1 is 1.21 bits per heavy atom. The predicted molar refractivity (Wildman–Crippen MR) is 101 cm³/mol. The predicted octanol–water partition coefficient (Wildman–Crippen LogP) is 2.96. The van der Waals surface area contributed by atoms with E-state index in [1.165, 1.54) is 10.8 Å². The molecule has 1 N–H and O–H groups in total. The van der Waals surface area contributed by atoms with Crippen molar-refractivity contribution in [2.75, 3.05) is 18.0 Å². The molecule has 1 saturated carbocycles. The number of imidazole rings is 1. The molecule has 1 atom stereocenters. The molecule has 2 aliphatic rings. The molecule has 7 nitrogen and oxygen atoms in total. The first-order valence-electron chi connectivity index (χ1n) is 9.48. The molecule has 1 unspecified atom stereocenters. The molecule has 29 heavy (non-hydrogen) atoms. The van der Waals surface area contributed by atoms with E-state index in [2.05, 4.69) is 4.98 Å². The van der Waals surface area contributed by atoms with Crippen LogP contribution in [-0.4, -0.2) is 38.3 Å². The van der Waals surface area contributed by atoms with Crippen molar-refractivity contribution >= 4 is 22.6 Å². The molecule has 5 rings (SSSR count). The van der Waals surface area contributed by atoms with E-state index < -0.39 is 28.6 Å². The maximum Gasteiger partial charge on any atom is 0.341 e. The van der Waals surface area contributed by atoms with Gasteiger partial charge in [-0.15, -0.1) is 0 Å². The molecule has 3 aromatic rings. The van der Waals surface area contributed by atoms with E-state index in [1.807, 2.05) is 10.8 Å². The number of fused-ring (bicyclic) bond motifs is 1. The van der Waals surface area contributed by atoms with Gasteiger partial charge >= 0.3 is 5.97 Å². The van der Waals surface area contributed by atoms with Crippen molar-refractivity contribution in [1.29, 1.82) is 0 Å². The lowest BCUT2D eigenvalue weighted by molar-refractivity contribution is 0.0695. The maximum absolute atomic E-state index is 15.6. The smallest absolute Gasteiger partial charge is 0.341 e. The van der Waals surface area contributed by atoms with E-state index in [4.69, 9.17) is 0 Å². The van der Waals surface area contributed by atoms with Gasteiger partial charge in [0.1, 0.15) is 17.1 Å². The van der Waals surface area contributed by atoms with Gasteiger partial charge < -0.3 is 19.1 Å². The minimum absolute atomic E-state index is 0.0232. The highest BCUT2D eigenvalue weighted by molar-refractivity contribution is 5.94. The van der Waals surface area contributed by atoms with Gasteiger partial charge in [-0.2, -0.15) is 0 Å². The molecule has 0 spiro atoms. The highest BCUT2D eigenvalue weighted by Crippen LogP contribution is 2.40. The summed E-state index contributed by atoms with van der Waals surface area (Å²) in [5, 5.41) is 9.09. The Hall–Kier alpha value is -3.23. The van der Waals surface area contributed by atoms with Crippen LogP contribution in [0.2, 0.25) is 0 Å². The Labute approximate surface area is 163 Å². The average Bonchev–Trinajstić information content (AvgIpc) is 3.16. The molecule has 1 aliphatic heterocycles. The number of hydrogen-bond acceptors (Lipinski definition) is 4. The number of nitrogens with zero attached hydrogens (tertiary/aromatic N) is 4. The minimum Gasteiger partial charge on any atom is -0.477 e. The average molecular weight is 400 g/mol. The van der Waals surface area contributed by atoms with Gasteiger partial charge in [0.05, 0.1) is 23.3 Å². The molecular formula is C20H18F2N4O3. The van der Waals surface area contributed by atoms with E-state index in [0.717, 1.165) is 18.9 Å². The highest BCUT2D eigenvalue weighted by atomic mass is 19.1. The molecule has 1 aliphatic carbocycles. The zero-order valence-electron chi connectivity index (χ0n) is 15.4. The largest absolute Gasteiger partial charge is 0.477 e. The summed E-state index contributed by atoms with van der Waals surface area (Å²) in [5.74, 6) is -3.07. The van der Waals surface area contributed by atoms with E-state index >= 15 is 4.39 Å². The molecule has 2 fully saturated rings. The summed E-state index contributed by atoms with van der Waals surface area (Å²) in [7, 11) is 0. The van der Waals surface area contributed by atoms with Crippen LogP contribution in [0, 0.1) is 11.6 Å². The Kier molecular flexibility index (Phi) is 3.94. The van der Waals surface area contributed by atoms with Crippen LogP contribution in [0.25, 0.3) is 10.9 Å². The van der Waals surface area contributed by atoms with Crippen molar-refractivity contribution in [3.05, 3.63) is 58.4 Å². The van der Waals surface area contributed by atoms with Crippen molar-refractivity contribution in [3.8, 4) is 0 Å². The normalized spacial score (nSPS) is 19.2. The number of carboxylic acid groups (broad SMARTS) is 1. The van der Waals surface area contributed by atoms with Crippen molar-refractivity contribution in [2.45, 2.75) is 31.3 Å². The third kappa shape index (κ3) is 2.80. The number of benzene rings is 1. The highest BCUT2D eigenvalue weighted by Gasteiger charge is 2.33. The maximum atomic E-state index is 15.6. The Bertz CT molecular complexity index is 1180. The summed E-state index contributed by atoms with van der Waals surface area (Å²) < 4.78 is 34.0. The number of halogens is 2. The van der Waals surface area contributed by atoms with Crippen LogP contribution in [-0.2, 0) is 0 Å². The quantitative estimate of drug-likeness (QED) is 0.728. The zero-order valence-corrected chi connectivity index (χ0v) is 15.4. The summed E-state index contributed by atoms with van der Waals surface area (Å²) in [6.07, 6.45) is 8.58. The first-order chi connectivity index (χ1) is 14.0. The molecule has 1 aromatic carbocycles. The molecule has 9 heteroatoms. The van der Waals surface area contributed by atoms with Crippen LogP contribution >= 0.6 is 0 Å². The first kappa shape index (κ1) is 17.8. The zero-order chi connectivity index (χ0) is 20.3. The van der Waals surface area contributed by atoms with Crippen LogP contribution in [0.15, 0.2) is 35.8 Å². The van der Waals surface area contributed by atoms with Gasteiger partial charge in [-0.3, -0.25) is 4.79 Å². The third-order valence-electron chi connectivity index (χ3n) is 5.78. The monoisotopic (exact) mass is 400 g/mol. The molecular weight excluding hydrogens is 382 g/mol. The van der Waals surface area contributed by atoms with Crippen LogP contribution in [0.4, 0.5) is 14.5 Å². The molecule has 3 heterocycles. The molecule has 0 amide bonds. The van der Waals surface area contributed by atoms with Crippen molar-refractivity contribution in [2.24, 2.45) is 0 Å². The summed E-state index contributed by atoms with van der Waals surface area (Å²) in [4.78, 5) is 29.7. The fourth-order valence-corrected chi connectivity index (χ4v) is 4.19. The molecule has 0 radical (unpaired) electrons. The van der Waals surface area contributed by atoms with Crippen molar-refractivity contribution < 1.29 is 18.7 Å². The number of pyridine rings is 1. The van der Waals surface area contributed by atoms with Gasteiger partial charge in [0.2, 0.25) is 5.43 Å². The fourth-order valence-electron chi connectivity index (χ4n) is 4.19. The van der Waals surface area contributed by atoms with Gasteiger partial charge in [0.25, 0.3) is 0 Å². The second-order valence-corrected chi connectivity index (χ2v) is 7.63. The summed E-state index contributed by atoms with van der Waals surface area (Å²) in [5.41, 5.74) is -1.54. The van der Waals surface area contributed by atoms with Gasteiger partial charge in [-0.1, -0.05) is 0 Å². The van der Waals surface area contributed by atoms with E-state index in [0.29, 0.717) is 19.5 Å². The number of aromatic nitrogens is 3. The molecule has 1 saturated heterocycles. The standard InChI is InChI=1S/C20H18F2N4O3/c21-15-7-13-17(26(11-1-2-11)9-14(19(13)27)20(28)29)16(22)18(15)24-5-3-12(8-24)25-6-4-23-10-25/h4,6-7,9-12H,1-3,5,8H2,(H,28,29). The van der Waals surface area contributed by atoms with Crippen LogP contribution in [0.3, 0.4) is 0 Å². The number of carboxylic acids is 1. The number of carbonyl (C=O) groups is 1. The molecule has 2 aromatic heterocycles. The van der Waals surface area contributed by atoms with E-state index in [9.17, 15) is 19.1 Å². The van der Waals surface area contributed by atoms with Gasteiger partial charge in [-0.25, -0.2) is 18.6 Å². The number of anilines is 1. The molecule has 0 bridgehead atoms. The van der Waals surface area contributed by atoms with Crippen molar-refractivity contribution in [1.82, 2.24) is 14.1 Å². The Morgan fingerprint density at radius 3 is 2.66 bits per heavy atom. The van der Waals surface area contributed by atoms with Gasteiger partial charge in [0.15, 0.2) is 5.82 Å².